The summed E-state index contributed by atoms with van der Waals surface area (Å²) in [6.07, 6.45) is 1.22. The highest BCUT2D eigenvalue weighted by molar-refractivity contribution is 7.89. The van der Waals surface area contributed by atoms with Gasteiger partial charge in [-0.05, 0) is 62.4 Å². The van der Waals surface area contributed by atoms with Gasteiger partial charge >= 0.3 is 0 Å². The third-order valence-corrected chi connectivity index (χ3v) is 7.94. The SMILES string of the molecule is Cc1ccc(C)c(NC(=O)[C@H]2CCCN(S(=O)(=O)c3cc4c(cc3C)NC(=O)CO4)C2)c1. The van der Waals surface area contributed by atoms with Crippen LogP contribution in [0.25, 0.3) is 0 Å². The Balaban J connectivity index is 1.54. The van der Waals surface area contributed by atoms with E-state index in [1.54, 1.807) is 13.0 Å². The maximum atomic E-state index is 13.4. The van der Waals surface area contributed by atoms with Crippen LogP contribution in [-0.2, 0) is 19.6 Å². The average molecular weight is 458 g/mol. The zero-order valence-corrected chi connectivity index (χ0v) is 19.2. The molecule has 0 aromatic heterocycles. The topological polar surface area (TPSA) is 105 Å². The van der Waals surface area contributed by atoms with Gasteiger partial charge in [-0.3, -0.25) is 9.59 Å². The standard InChI is InChI=1S/C23H27N3O5S/c1-14-6-7-15(2)18(9-14)25-23(28)17-5-4-8-26(12-17)32(29,30)21-11-20-19(10-16(21)3)24-22(27)13-31-20/h6-7,9-11,17H,4-5,8,12-13H2,1-3H3,(H,24,27)(H,25,28)/t17-/m0/s1. The summed E-state index contributed by atoms with van der Waals surface area (Å²) in [5, 5.41) is 5.66. The van der Waals surface area contributed by atoms with E-state index in [1.165, 1.54) is 10.4 Å². The molecule has 0 unspecified atom stereocenters. The lowest BCUT2D eigenvalue weighted by molar-refractivity contribution is -0.121. The van der Waals surface area contributed by atoms with Crippen molar-refractivity contribution >= 4 is 33.2 Å². The van der Waals surface area contributed by atoms with Crippen LogP contribution in [0.4, 0.5) is 11.4 Å². The number of fused-ring (bicyclic) bond motifs is 1. The molecule has 4 rings (SSSR count). The fraction of sp³-hybridized carbons (Fsp3) is 0.391. The van der Waals surface area contributed by atoms with Crippen molar-refractivity contribution < 1.29 is 22.7 Å². The Morgan fingerprint density at radius 2 is 1.94 bits per heavy atom. The van der Waals surface area contributed by atoms with E-state index >= 15 is 0 Å². The molecule has 1 fully saturated rings. The van der Waals surface area contributed by atoms with Crippen LogP contribution in [0.5, 0.6) is 5.75 Å². The van der Waals surface area contributed by atoms with Gasteiger partial charge in [0.05, 0.1) is 16.5 Å². The highest BCUT2D eigenvalue weighted by atomic mass is 32.2. The van der Waals surface area contributed by atoms with Gasteiger partial charge in [0.25, 0.3) is 5.91 Å². The van der Waals surface area contributed by atoms with Crippen molar-refractivity contribution in [2.24, 2.45) is 5.92 Å². The second-order valence-corrected chi connectivity index (χ2v) is 10.4. The maximum absolute atomic E-state index is 13.4. The Bertz CT molecular complexity index is 1190. The highest BCUT2D eigenvalue weighted by Gasteiger charge is 2.35. The predicted octanol–water partition coefficient (Wildman–Crippen LogP) is 2.98. The number of benzene rings is 2. The molecule has 1 atom stereocenters. The summed E-state index contributed by atoms with van der Waals surface area (Å²) < 4.78 is 33.6. The normalized spacial score (nSPS) is 19.0. The first-order chi connectivity index (χ1) is 15.1. The van der Waals surface area contributed by atoms with Gasteiger partial charge in [0.15, 0.2) is 6.61 Å². The summed E-state index contributed by atoms with van der Waals surface area (Å²) in [5.74, 6) is -0.560. The van der Waals surface area contributed by atoms with E-state index in [1.807, 2.05) is 32.0 Å². The van der Waals surface area contributed by atoms with Crippen LogP contribution in [0.1, 0.15) is 29.5 Å². The minimum absolute atomic E-state index is 0.118. The Labute approximate surface area is 188 Å². The fourth-order valence-electron chi connectivity index (χ4n) is 4.11. The van der Waals surface area contributed by atoms with Crippen molar-refractivity contribution in [1.29, 1.82) is 0 Å². The molecule has 0 aliphatic carbocycles. The van der Waals surface area contributed by atoms with Crippen LogP contribution in [0.2, 0.25) is 0 Å². The molecule has 170 valence electrons. The summed E-state index contributed by atoms with van der Waals surface area (Å²) in [4.78, 5) is 24.6. The number of anilines is 2. The zero-order chi connectivity index (χ0) is 23.0. The van der Waals surface area contributed by atoms with Gasteiger partial charge in [-0.1, -0.05) is 12.1 Å². The zero-order valence-electron chi connectivity index (χ0n) is 18.4. The van der Waals surface area contributed by atoms with Crippen molar-refractivity contribution in [3.63, 3.8) is 0 Å². The molecular weight excluding hydrogens is 430 g/mol. The van der Waals surface area contributed by atoms with Crippen LogP contribution in [0.15, 0.2) is 35.2 Å². The Morgan fingerprint density at radius 3 is 2.72 bits per heavy atom. The molecule has 8 nitrogen and oxygen atoms in total. The van der Waals surface area contributed by atoms with Gasteiger partial charge in [-0.15, -0.1) is 0 Å². The molecule has 0 saturated carbocycles. The molecule has 9 heteroatoms. The number of sulfonamides is 1. The maximum Gasteiger partial charge on any atom is 0.262 e. The molecule has 1 saturated heterocycles. The summed E-state index contributed by atoms with van der Waals surface area (Å²) >= 11 is 0. The molecule has 2 aromatic rings. The lowest BCUT2D eigenvalue weighted by atomic mass is 9.98. The van der Waals surface area contributed by atoms with E-state index in [9.17, 15) is 18.0 Å². The van der Waals surface area contributed by atoms with Crippen LogP contribution < -0.4 is 15.4 Å². The largest absolute Gasteiger partial charge is 0.482 e. The van der Waals surface area contributed by atoms with Crippen LogP contribution >= 0.6 is 0 Å². The number of amides is 2. The van der Waals surface area contributed by atoms with E-state index in [4.69, 9.17) is 4.74 Å². The van der Waals surface area contributed by atoms with Crippen LogP contribution in [0.3, 0.4) is 0 Å². The molecule has 2 aliphatic heterocycles. The number of carbonyl (C=O) groups is 2. The lowest BCUT2D eigenvalue weighted by Crippen LogP contribution is -2.44. The first-order valence-electron chi connectivity index (χ1n) is 10.6. The smallest absolute Gasteiger partial charge is 0.262 e. The Hall–Kier alpha value is -2.91. The minimum Gasteiger partial charge on any atom is -0.482 e. The van der Waals surface area contributed by atoms with E-state index in [-0.39, 0.29) is 29.9 Å². The van der Waals surface area contributed by atoms with Gasteiger partial charge in [0.2, 0.25) is 15.9 Å². The summed E-state index contributed by atoms with van der Waals surface area (Å²) in [6, 6.07) is 8.91. The van der Waals surface area contributed by atoms with Gasteiger partial charge < -0.3 is 15.4 Å². The highest BCUT2D eigenvalue weighted by Crippen LogP contribution is 2.35. The molecular formula is C23H27N3O5S. The molecule has 2 amide bonds. The van der Waals surface area contributed by atoms with E-state index in [0.717, 1.165) is 16.8 Å². The van der Waals surface area contributed by atoms with Crippen molar-refractivity contribution in [2.75, 3.05) is 30.3 Å². The number of ether oxygens (including phenoxy) is 1. The van der Waals surface area contributed by atoms with Crippen molar-refractivity contribution in [2.45, 2.75) is 38.5 Å². The Morgan fingerprint density at radius 1 is 1.16 bits per heavy atom. The fourth-order valence-corrected chi connectivity index (χ4v) is 5.86. The number of hydrogen-bond donors (Lipinski definition) is 2. The molecule has 2 N–H and O–H groups in total. The number of nitrogens with one attached hydrogen (secondary N) is 2. The monoisotopic (exact) mass is 457 g/mol. The predicted molar refractivity (Wildman–Crippen MR) is 121 cm³/mol. The summed E-state index contributed by atoms with van der Waals surface area (Å²) in [7, 11) is -3.83. The molecule has 2 aliphatic rings. The van der Waals surface area contributed by atoms with Gasteiger partial charge in [0, 0.05) is 24.8 Å². The first-order valence-corrected chi connectivity index (χ1v) is 12.0. The van der Waals surface area contributed by atoms with E-state index in [0.29, 0.717) is 36.4 Å². The molecule has 2 aromatic carbocycles. The third-order valence-electron chi connectivity index (χ3n) is 5.93. The average Bonchev–Trinajstić information content (AvgIpc) is 2.75. The van der Waals surface area contributed by atoms with E-state index in [2.05, 4.69) is 10.6 Å². The molecule has 0 radical (unpaired) electrons. The number of hydrogen-bond acceptors (Lipinski definition) is 5. The molecule has 0 spiro atoms. The quantitative estimate of drug-likeness (QED) is 0.734. The number of nitrogens with zero attached hydrogens (tertiary/aromatic N) is 1. The van der Waals surface area contributed by atoms with Crippen LogP contribution in [-0.4, -0.2) is 44.2 Å². The van der Waals surface area contributed by atoms with Gasteiger partial charge in [-0.25, -0.2) is 8.42 Å². The Kier molecular flexibility index (Phi) is 5.96. The lowest BCUT2D eigenvalue weighted by Gasteiger charge is -2.32. The third kappa shape index (κ3) is 4.35. The first kappa shape index (κ1) is 22.3. The molecule has 2 heterocycles. The van der Waals surface area contributed by atoms with Crippen molar-refractivity contribution in [1.82, 2.24) is 4.31 Å². The minimum atomic E-state index is -3.83. The second-order valence-electron chi connectivity index (χ2n) is 8.46. The number of rotatable bonds is 4. The second kappa shape index (κ2) is 8.55. The van der Waals surface area contributed by atoms with Crippen molar-refractivity contribution in [3.05, 3.63) is 47.0 Å². The summed E-state index contributed by atoms with van der Waals surface area (Å²) in [5.41, 5.74) is 3.72. The summed E-state index contributed by atoms with van der Waals surface area (Å²) in [6.45, 7) is 5.88. The number of piperidine rings is 1. The molecule has 0 bridgehead atoms. The van der Waals surface area contributed by atoms with Crippen LogP contribution in [0, 0.1) is 26.7 Å². The number of carbonyl (C=O) groups excluding carboxylic acids is 2. The molecule has 32 heavy (non-hydrogen) atoms. The number of aryl methyl sites for hydroxylation is 3. The van der Waals surface area contributed by atoms with Gasteiger partial charge in [0.1, 0.15) is 5.75 Å². The van der Waals surface area contributed by atoms with Crippen molar-refractivity contribution in [3.8, 4) is 5.75 Å². The van der Waals surface area contributed by atoms with E-state index < -0.39 is 15.9 Å². The van der Waals surface area contributed by atoms with Gasteiger partial charge in [-0.2, -0.15) is 4.31 Å².